The molecule has 1 fully saturated rings. The number of carbonyl (C=O) groups excluding carboxylic acids is 1. The first-order valence-electron chi connectivity index (χ1n) is 10.2. The van der Waals surface area contributed by atoms with Gasteiger partial charge in [-0.15, -0.1) is 5.10 Å². The third-order valence-electron chi connectivity index (χ3n) is 5.64. The van der Waals surface area contributed by atoms with E-state index in [2.05, 4.69) is 10.3 Å². The van der Waals surface area contributed by atoms with Gasteiger partial charge in [-0.05, 0) is 24.5 Å². The zero-order chi connectivity index (χ0) is 19.3. The van der Waals surface area contributed by atoms with Crippen LogP contribution in [0.25, 0.3) is 0 Å². The molecule has 1 aliphatic heterocycles. The molecule has 0 spiro atoms. The molecule has 1 amide bonds. The summed E-state index contributed by atoms with van der Waals surface area (Å²) in [5, 5.41) is 8.22. The third kappa shape index (κ3) is 4.46. The first-order chi connectivity index (χ1) is 13.7. The Labute approximate surface area is 165 Å². The maximum Gasteiger partial charge on any atom is 0.275 e. The van der Waals surface area contributed by atoms with Crippen LogP contribution in [0.3, 0.4) is 0 Å². The Morgan fingerprint density at radius 1 is 1.21 bits per heavy atom. The van der Waals surface area contributed by atoms with Gasteiger partial charge in [0.05, 0.1) is 12.7 Å². The number of amides is 1. The van der Waals surface area contributed by atoms with Gasteiger partial charge in [0.15, 0.2) is 23.3 Å². The Hall–Kier alpha value is -2.57. The molecule has 7 heteroatoms. The molecule has 1 aromatic carbocycles. The SMILES string of the molecule is CN(C[C@H]1COc2ccccc2O1)C(=O)c1cn(CCC2CCCCC2)nn1. The number of fused-ring (bicyclic) bond motifs is 1. The lowest BCUT2D eigenvalue weighted by Gasteiger charge is -2.29. The molecule has 0 saturated heterocycles. The van der Waals surface area contributed by atoms with Gasteiger partial charge in [-0.3, -0.25) is 9.48 Å². The Bertz CT molecular complexity index is 800. The fourth-order valence-electron chi connectivity index (χ4n) is 4.03. The largest absolute Gasteiger partial charge is 0.486 e. The first-order valence-corrected chi connectivity index (χ1v) is 10.2. The minimum Gasteiger partial charge on any atom is -0.486 e. The quantitative estimate of drug-likeness (QED) is 0.765. The second-order valence-electron chi connectivity index (χ2n) is 7.84. The molecular weight excluding hydrogens is 356 g/mol. The predicted molar refractivity (Wildman–Crippen MR) is 105 cm³/mol. The summed E-state index contributed by atoms with van der Waals surface area (Å²) in [6.07, 6.45) is 9.35. The van der Waals surface area contributed by atoms with Gasteiger partial charge in [0.2, 0.25) is 0 Å². The van der Waals surface area contributed by atoms with Gasteiger partial charge >= 0.3 is 0 Å². The van der Waals surface area contributed by atoms with Crippen molar-refractivity contribution in [1.82, 2.24) is 19.9 Å². The second kappa shape index (κ2) is 8.63. The highest BCUT2D eigenvalue weighted by molar-refractivity contribution is 5.91. The van der Waals surface area contributed by atoms with Gasteiger partial charge in [0, 0.05) is 13.6 Å². The number of carbonyl (C=O) groups is 1. The highest BCUT2D eigenvalue weighted by atomic mass is 16.6. The van der Waals surface area contributed by atoms with Crippen LogP contribution in [0.15, 0.2) is 30.5 Å². The molecule has 0 unspecified atom stereocenters. The van der Waals surface area contributed by atoms with E-state index in [0.29, 0.717) is 24.6 Å². The minimum atomic E-state index is -0.204. The van der Waals surface area contributed by atoms with Crippen molar-refractivity contribution < 1.29 is 14.3 Å². The molecule has 1 atom stereocenters. The Morgan fingerprint density at radius 2 is 2.00 bits per heavy atom. The molecule has 0 radical (unpaired) electrons. The summed E-state index contributed by atoms with van der Waals surface area (Å²) in [6.45, 7) is 1.68. The van der Waals surface area contributed by atoms with Crippen LogP contribution >= 0.6 is 0 Å². The van der Waals surface area contributed by atoms with Gasteiger partial charge in [0.25, 0.3) is 5.91 Å². The molecular formula is C21H28N4O3. The number of rotatable bonds is 6. The molecule has 0 bridgehead atoms. The Morgan fingerprint density at radius 3 is 2.82 bits per heavy atom. The van der Waals surface area contributed by atoms with Crippen LogP contribution in [0, 0.1) is 5.92 Å². The van der Waals surface area contributed by atoms with Crippen LogP contribution in [0.4, 0.5) is 0 Å². The van der Waals surface area contributed by atoms with E-state index in [-0.39, 0.29) is 12.0 Å². The van der Waals surface area contributed by atoms with Crippen molar-refractivity contribution in [2.75, 3.05) is 20.2 Å². The van der Waals surface area contributed by atoms with Crippen molar-refractivity contribution in [3.63, 3.8) is 0 Å². The van der Waals surface area contributed by atoms with Crippen molar-refractivity contribution in [3.05, 3.63) is 36.2 Å². The van der Waals surface area contributed by atoms with E-state index in [0.717, 1.165) is 24.6 Å². The average Bonchev–Trinajstić information content (AvgIpc) is 3.21. The molecule has 0 N–H and O–H groups in total. The summed E-state index contributed by atoms with van der Waals surface area (Å²) < 4.78 is 13.5. The fourth-order valence-corrected chi connectivity index (χ4v) is 4.03. The summed E-state index contributed by atoms with van der Waals surface area (Å²) in [7, 11) is 1.76. The van der Waals surface area contributed by atoms with E-state index in [1.807, 2.05) is 24.3 Å². The van der Waals surface area contributed by atoms with Crippen LogP contribution in [0.2, 0.25) is 0 Å². The van der Waals surface area contributed by atoms with Gasteiger partial charge in [-0.2, -0.15) is 0 Å². The van der Waals surface area contributed by atoms with Crippen LogP contribution in [0.5, 0.6) is 11.5 Å². The van der Waals surface area contributed by atoms with Gasteiger partial charge in [0.1, 0.15) is 6.61 Å². The van der Waals surface area contributed by atoms with Crippen LogP contribution in [-0.2, 0) is 6.54 Å². The molecule has 28 heavy (non-hydrogen) atoms. The monoisotopic (exact) mass is 384 g/mol. The van der Waals surface area contributed by atoms with E-state index >= 15 is 0 Å². The summed E-state index contributed by atoms with van der Waals surface area (Å²) in [5.41, 5.74) is 0.378. The van der Waals surface area contributed by atoms with Gasteiger partial charge < -0.3 is 14.4 Å². The zero-order valence-electron chi connectivity index (χ0n) is 16.4. The predicted octanol–water partition coefficient (Wildman–Crippen LogP) is 3.16. The van der Waals surface area contributed by atoms with Crippen LogP contribution in [0.1, 0.15) is 49.0 Å². The third-order valence-corrected chi connectivity index (χ3v) is 5.64. The number of benzene rings is 1. The van der Waals surface area contributed by atoms with E-state index in [1.165, 1.54) is 32.1 Å². The smallest absolute Gasteiger partial charge is 0.275 e. The van der Waals surface area contributed by atoms with Crippen LogP contribution in [-0.4, -0.2) is 52.1 Å². The molecule has 2 heterocycles. The zero-order valence-corrected chi connectivity index (χ0v) is 16.4. The minimum absolute atomic E-state index is 0.147. The van der Waals surface area contributed by atoms with E-state index in [4.69, 9.17) is 9.47 Å². The Kier molecular flexibility index (Phi) is 5.78. The number of hydrogen-bond donors (Lipinski definition) is 0. The number of likely N-dealkylation sites (N-methyl/N-ethyl adjacent to an activating group) is 1. The number of aromatic nitrogens is 3. The molecule has 150 valence electrons. The average molecular weight is 384 g/mol. The standard InChI is InChI=1S/C21H28N4O3/c1-24(13-17-15-27-19-9-5-6-10-20(19)28-17)21(26)18-14-25(23-22-18)12-11-16-7-3-2-4-8-16/h5-6,9-10,14,16-17H,2-4,7-8,11-13,15H2,1H3/t17-/m0/s1. The van der Waals surface area contributed by atoms with Gasteiger partial charge in [-0.1, -0.05) is 49.5 Å². The molecule has 1 aliphatic carbocycles. The maximum atomic E-state index is 12.7. The molecule has 2 aromatic rings. The lowest BCUT2D eigenvalue weighted by molar-refractivity contribution is 0.0517. The Balaban J connectivity index is 1.28. The summed E-state index contributed by atoms with van der Waals surface area (Å²) in [6, 6.07) is 7.58. The number of aryl methyl sites for hydroxylation is 1. The van der Waals surface area contributed by atoms with Crippen molar-refractivity contribution in [1.29, 1.82) is 0 Å². The van der Waals surface area contributed by atoms with Crippen molar-refractivity contribution >= 4 is 5.91 Å². The van der Waals surface area contributed by atoms with Crippen molar-refractivity contribution in [2.45, 2.75) is 51.2 Å². The summed E-state index contributed by atoms with van der Waals surface area (Å²) in [5.74, 6) is 2.10. The van der Waals surface area contributed by atoms with Crippen molar-refractivity contribution in [3.8, 4) is 11.5 Å². The summed E-state index contributed by atoms with van der Waals surface area (Å²) in [4.78, 5) is 14.3. The van der Waals surface area contributed by atoms with E-state index in [1.54, 1.807) is 22.8 Å². The molecule has 2 aliphatic rings. The number of ether oxygens (including phenoxy) is 2. The van der Waals surface area contributed by atoms with Crippen molar-refractivity contribution in [2.24, 2.45) is 5.92 Å². The number of hydrogen-bond acceptors (Lipinski definition) is 5. The number of nitrogens with zero attached hydrogens (tertiary/aromatic N) is 4. The molecule has 4 rings (SSSR count). The fraction of sp³-hybridized carbons (Fsp3) is 0.571. The lowest BCUT2D eigenvalue weighted by atomic mass is 9.87. The van der Waals surface area contributed by atoms with Gasteiger partial charge in [-0.25, -0.2) is 0 Å². The molecule has 1 aromatic heterocycles. The highest BCUT2D eigenvalue weighted by Gasteiger charge is 2.25. The summed E-state index contributed by atoms with van der Waals surface area (Å²) >= 11 is 0. The highest BCUT2D eigenvalue weighted by Crippen LogP contribution is 2.31. The normalized spacial score (nSPS) is 19.4. The molecule has 1 saturated carbocycles. The van der Waals surface area contributed by atoms with Crippen LogP contribution < -0.4 is 9.47 Å². The first kappa shape index (κ1) is 18.8. The van der Waals surface area contributed by atoms with E-state index in [9.17, 15) is 4.79 Å². The van der Waals surface area contributed by atoms with E-state index < -0.39 is 0 Å². The number of para-hydroxylation sites is 2. The maximum absolute atomic E-state index is 12.7. The molecule has 7 nitrogen and oxygen atoms in total. The lowest BCUT2D eigenvalue weighted by Crippen LogP contribution is -2.41. The topological polar surface area (TPSA) is 69.5 Å². The second-order valence-corrected chi connectivity index (χ2v) is 7.84.